The van der Waals surface area contributed by atoms with Gasteiger partial charge in [-0.25, -0.2) is 4.98 Å². The number of nitrogens with zero attached hydrogens (tertiary/aromatic N) is 3. The van der Waals surface area contributed by atoms with Gasteiger partial charge in [0, 0.05) is 43.7 Å². The Morgan fingerprint density at radius 1 is 1.15 bits per heavy atom. The number of hydrogen-bond donors (Lipinski definition) is 1. The molecular formula is C19H23ClN4O2. The molecule has 1 N–H and O–H groups in total. The van der Waals surface area contributed by atoms with Gasteiger partial charge in [-0.2, -0.15) is 4.98 Å². The van der Waals surface area contributed by atoms with Crippen LogP contribution in [-0.4, -0.2) is 48.6 Å². The van der Waals surface area contributed by atoms with Crippen molar-refractivity contribution in [2.24, 2.45) is 0 Å². The first-order chi connectivity index (χ1) is 12.7. The minimum atomic E-state index is -0.372. The fourth-order valence-electron chi connectivity index (χ4n) is 3.46. The van der Waals surface area contributed by atoms with E-state index in [2.05, 4.69) is 26.3 Å². The highest BCUT2D eigenvalue weighted by atomic mass is 35.5. The number of piperidine rings is 1. The zero-order valence-electron chi connectivity index (χ0n) is 14.7. The summed E-state index contributed by atoms with van der Waals surface area (Å²) in [5.74, 6) is 1.22. The molecule has 3 heterocycles. The van der Waals surface area contributed by atoms with Crippen molar-refractivity contribution < 1.29 is 9.47 Å². The first-order valence-corrected chi connectivity index (χ1v) is 9.45. The molecule has 0 amide bonds. The Morgan fingerprint density at radius 3 is 2.73 bits per heavy atom. The van der Waals surface area contributed by atoms with Crippen molar-refractivity contribution in [3.05, 3.63) is 47.1 Å². The molecule has 0 radical (unpaired) electrons. The maximum absolute atomic E-state index is 6.03. The Morgan fingerprint density at radius 2 is 1.96 bits per heavy atom. The second kappa shape index (κ2) is 7.78. The molecule has 2 aromatic rings. The van der Waals surface area contributed by atoms with E-state index in [0.29, 0.717) is 13.2 Å². The third-order valence-corrected chi connectivity index (χ3v) is 5.11. The Hall–Kier alpha value is -1.89. The van der Waals surface area contributed by atoms with Gasteiger partial charge in [-0.05, 0) is 30.2 Å². The molecule has 0 bridgehead atoms. The van der Waals surface area contributed by atoms with Gasteiger partial charge in [-0.3, -0.25) is 0 Å². The summed E-state index contributed by atoms with van der Waals surface area (Å²) in [6, 6.07) is 9.83. The van der Waals surface area contributed by atoms with Crippen LogP contribution in [0.15, 0.2) is 36.5 Å². The van der Waals surface area contributed by atoms with Crippen LogP contribution in [0.4, 0.5) is 11.8 Å². The topological polar surface area (TPSA) is 59.5 Å². The molecule has 7 heteroatoms. The minimum Gasteiger partial charge on any atom is -0.370 e. The van der Waals surface area contributed by atoms with Crippen LogP contribution in [0, 0.1) is 0 Å². The molecule has 2 fully saturated rings. The molecule has 0 unspecified atom stereocenters. The Labute approximate surface area is 158 Å². The lowest BCUT2D eigenvalue weighted by Crippen LogP contribution is -2.45. The second-order valence-electron chi connectivity index (χ2n) is 6.64. The maximum atomic E-state index is 6.03. The Bertz CT molecular complexity index is 742. The minimum absolute atomic E-state index is 0.372. The van der Waals surface area contributed by atoms with Crippen LogP contribution in [-0.2, 0) is 15.9 Å². The molecule has 6 nitrogen and oxygen atoms in total. The monoisotopic (exact) mass is 374 g/mol. The zero-order chi connectivity index (χ0) is 17.8. The normalized spacial score (nSPS) is 19.0. The van der Waals surface area contributed by atoms with E-state index in [1.54, 1.807) is 6.20 Å². The van der Waals surface area contributed by atoms with Gasteiger partial charge in [-0.1, -0.05) is 23.7 Å². The highest BCUT2D eigenvalue weighted by Crippen LogP contribution is 2.32. The molecule has 2 aliphatic heterocycles. The number of rotatable bonds is 5. The van der Waals surface area contributed by atoms with E-state index >= 15 is 0 Å². The third-order valence-electron chi connectivity index (χ3n) is 4.87. The molecule has 4 rings (SSSR count). The predicted octanol–water partition coefficient (Wildman–Crippen LogP) is 3.13. The molecule has 26 heavy (non-hydrogen) atoms. The van der Waals surface area contributed by atoms with Gasteiger partial charge in [0.2, 0.25) is 5.95 Å². The summed E-state index contributed by atoms with van der Waals surface area (Å²) in [6.07, 6.45) is 4.39. The molecule has 2 saturated heterocycles. The van der Waals surface area contributed by atoms with Gasteiger partial charge in [0.1, 0.15) is 5.82 Å². The van der Waals surface area contributed by atoms with Crippen LogP contribution < -0.4 is 10.2 Å². The van der Waals surface area contributed by atoms with E-state index in [9.17, 15) is 0 Å². The van der Waals surface area contributed by atoms with Crippen LogP contribution in [0.1, 0.15) is 18.4 Å². The second-order valence-corrected chi connectivity index (χ2v) is 7.08. The molecule has 0 aliphatic carbocycles. The fraction of sp³-hybridized carbons (Fsp3) is 0.474. The van der Waals surface area contributed by atoms with Gasteiger partial charge in [-0.15, -0.1) is 0 Å². The van der Waals surface area contributed by atoms with Crippen molar-refractivity contribution in [2.75, 3.05) is 43.1 Å². The van der Waals surface area contributed by atoms with Gasteiger partial charge >= 0.3 is 0 Å². The standard InChI is InChI=1S/C19H23ClN4O2/c20-16-3-1-2-15(14-16)4-8-21-17-5-9-22-18(23-17)24-10-6-19(7-11-24)25-12-13-26-19/h1-3,5,9,14H,4,6-8,10-13H2,(H,21,22,23). The average molecular weight is 375 g/mol. The van der Waals surface area contributed by atoms with Gasteiger partial charge in [0.05, 0.1) is 13.2 Å². The highest BCUT2D eigenvalue weighted by Gasteiger charge is 2.40. The predicted molar refractivity (Wildman–Crippen MR) is 102 cm³/mol. The largest absolute Gasteiger partial charge is 0.370 e. The van der Waals surface area contributed by atoms with Crippen molar-refractivity contribution in [1.29, 1.82) is 0 Å². The Balaban J connectivity index is 1.32. The van der Waals surface area contributed by atoms with E-state index in [4.69, 9.17) is 21.1 Å². The SMILES string of the molecule is Clc1cccc(CCNc2ccnc(N3CCC4(CC3)OCCO4)n2)c1. The third kappa shape index (κ3) is 4.09. The molecule has 2 aliphatic rings. The fourth-order valence-corrected chi connectivity index (χ4v) is 3.67. The molecule has 0 atom stereocenters. The van der Waals surface area contributed by atoms with E-state index in [-0.39, 0.29) is 5.79 Å². The lowest BCUT2D eigenvalue weighted by Gasteiger charge is -2.37. The number of benzene rings is 1. The molecule has 1 spiro atoms. The lowest BCUT2D eigenvalue weighted by atomic mass is 10.0. The maximum Gasteiger partial charge on any atom is 0.227 e. The number of hydrogen-bond acceptors (Lipinski definition) is 6. The summed E-state index contributed by atoms with van der Waals surface area (Å²) >= 11 is 6.03. The highest BCUT2D eigenvalue weighted by molar-refractivity contribution is 6.30. The van der Waals surface area contributed by atoms with E-state index in [1.165, 1.54) is 5.56 Å². The van der Waals surface area contributed by atoms with E-state index < -0.39 is 0 Å². The number of halogens is 1. The summed E-state index contributed by atoms with van der Waals surface area (Å²) in [6.45, 7) is 3.87. The summed E-state index contributed by atoms with van der Waals surface area (Å²) in [4.78, 5) is 11.3. The quantitative estimate of drug-likeness (QED) is 0.867. The van der Waals surface area contributed by atoms with Crippen LogP contribution >= 0.6 is 11.6 Å². The summed E-state index contributed by atoms with van der Waals surface area (Å²) in [7, 11) is 0. The number of ether oxygens (including phenoxy) is 2. The lowest BCUT2D eigenvalue weighted by molar-refractivity contribution is -0.169. The van der Waals surface area contributed by atoms with E-state index in [0.717, 1.165) is 55.7 Å². The Kier molecular flexibility index (Phi) is 5.24. The zero-order valence-corrected chi connectivity index (χ0v) is 15.4. The molecule has 1 aromatic carbocycles. The van der Waals surface area contributed by atoms with Crippen molar-refractivity contribution in [1.82, 2.24) is 9.97 Å². The van der Waals surface area contributed by atoms with Crippen molar-refractivity contribution in [3.63, 3.8) is 0 Å². The molecule has 0 saturated carbocycles. The summed E-state index contributed by atoms with van der Waals surface area (Å²) in [5, 5.41) is 4.14. The van der Waals surface area contributed by atoms with Crippen LogP contribution in [0.2, 0.25) is 5.02 Å². The summed E-state index contributed by atoms with van der Waals surface area (Å²) < 4.78 is 11.6. The average Bonchev–Trinajstić information content (AvgIpc) is 3.11. The van der Waals surface area contributed by atoms with Crippen LogP contribution in [0.3, 0.4) is 0 Å². The first-order valence-electron chi connectivity index (χ1n) is 9.07. The van der Waals surface area contributed by atoms with Gasteiger partial charge < -0.3 is 19.7 Å². The first kappa shape index (κ1) is 17.5. The van der Waals surface area contributed by atoms with Crippen LogP contribution in [0.5, 0.6) is 0 Å². The summed E-state index contributed by atoms with van der Waals surface area (Å²) in [5.41, 5.74) is 1.21. The van der Waals surface area contributed by atoms with Crippen molar-refractivity contribution in [3.8, 4) is 0 Å². The smallest absolute Gasteiger partial charge is 0.227 e. The van der Waals surface area contributed by atoms with Crippen molar-refractivity contribution in [2.45, 2.75) is 25.0 Å². The van der Waals surface area contributed by atoms with Gasteiger partial charge in [0.25, 0.3) is 0 Å². The van der Waals surface area contributed by atoms with Gasteiger partial charge in [0.15, 0.2) is 5.79 Å². The molecule has 1 aromatic heterocycles. The van der Waals surface area contributed by atoms with Crippen LogP contribution in [0.25, 0.3) is 0 Å². The van der Waals surface area contributed by atoms with E-state index in [1.807, 2.05) is 24.3 Å². The van der Waals surface area contributed by atoms with Crippen molar-refractivity contribution >= 4 is 23.4 Å². The number of aromatic nitrogens is 2. The number of nitrogens with one attached hydrogen (secondary N) is 1. The molecular weight excluding hydrogens is 352 g/mol. The molecule has 138 valence electrons. The number of anilines is 2.